The molecule has 0 unspecified atom stereocenters. The molecule has 0 amide bonds. The number of carbonyl (C=O) groups excluding carboxylic acids is 1. The number of aldehydes is 1. The average molecular weight is 126 g/mol. The standard InChI is InChI=1S/C8H14O/c1-7(6-9)5-8(2,3)4/h5-6H,1-4H3/b7-5+. The van der Waals surface area contributed by atoms with Crippen LogP contribution in [-0.2, 0) is 4.79 Å². The number of rotatable bonds is 1. The van der Waals surface area contributed by atoms with E-state index >= 15 is 0 Å². The lowest BCUT2D eigenvalue weighted by Gasteiger charge is -2.11. The fourth-order valence-electron chi connectivity index (χ4n) is 0.717. The molecule has 0 aromatic heterocycles. The lowest BCUT2D eigenvalue weighted by Crippen LogP contribution is -2.00. The second kappa shape index (κ2) is 2.81. The summed E-state index contributed by atoms with van der Waals surface area (Å²) in [5.41, 5.74) is 0.938. The average Bonchev–Trinajstić information content (AvgIpc) is 1.62. The summed E-state index contributed by atoms with van der Waals surface area (Å²) in [6.45, 7) is 8.03. The van der Waals surface area contributed by atoms with E-state index in [4.69, 9.17) is 0 Å². The molecule has 0 aromatic carbocycles. The van der Waals surface area contributed by atoms with Crippen molar-refractivity contribution in [2.75, 3.05) is 0 Å². The van der Waals surface area contributed by atoms with Crippen molar-refractivity contribution in [1.82, 2.24) is 0 Å². The van der Waals surface area contributed by atoms with E-state index in [2.05, 4.69) is 20.8 Å². The molecule has 0 N–H and O–H groups in total. The third-order valence-electron chi connectivity index (χ3n) is 0.847. The molecular formula is C8H14O. The Bertz CT molecular complexity index is 126. The highest BCUT2D eigenvalue weighted by Crippen LogP contribution is 2.16. The zero-order valence-corrected chi connectivity index (χ0v) is 6.56. The quantitative estimate of drug-likeness (QED) is 0.389. The SMILES string of the molecule is C/C(C=O)=C\C(C)(C)C. The molecule has 0 radical (unpaired) electrons. The molecule has 1 heteroatoms. The zero-order chi connectivity index (χ0) is 7.49. The molecule has 52 valence electrons. The topological polar surface area (TPSA) is 17.1 Å². The fourth-order valence-corrected chi connectivity index (χ4v) is 0.717. The lowest BCUT2D eigenvalue weighted by atomic mass is 9.94. The van der Waals surface area contributed by atoms with Crippen LogP contribution in [0.15, 0.2) is 11.6 Å². The Hall–Kier alpha value is -0.590. The first-order chi connectivity index (χ1) is 3.95. The molecule has 0 heterocycles. The van der Waals surface area contributed by atoms with Crippen molar-refractivity contribution in [3.63, 3.8) is 0 Å². The van der Waals surface area contributed by atoms with Gasteiger partial charge in [0.25, 0.3) is 0 Å². The minimum Gasteiger partial charge on any atom is -0.298 e. The summed E-state index contributed by atoms with van der Waals surface area (Å²) in [4.78, 5) is 10.1. The van der Waals surface area contributed by atoms with Crippen LogP contribution in [0.2, 0.25) is 0 Å². The van der Waals surface area contributed by atoms with Crippen LogP contribution in [0.25, 0.3) is 0 Å². The first-order valence-corrected chi connectivity index (χ1v) is 3.10. The maximum absolute atomic E-state index is 10.1. The predicted molar refractivity (Wildman–Crippen MR) is 39.3 cm³/mol. The highest BCUT2D eigenvalue weighted by Gasteiger charge is 2.04. The molecule has 0 spiro atoms. The monoisotopic (exact) mass is 126 g/mol. The highest BCUT2D eigenvalue weighted by molar-refractivity contribution is 5.72. The maximum atomic E-state index is 10.1. The molecule has 0 aliphatic rings. The van der Waals surface area contributed by atoms with E-state index in [1.807, 2.05) is 13.0 Å². The zero-order valence-electron chi connectivity index (χ0n) is 6.56. The van der Waals surface area contributed by atoms with Gasteiger partial charge < -0.3 is 0 Å². The summed E-state index contributed by atoms with van der Waals surface area (Å²) in [6, 6.07) is 0. The number of carbonyl (C=O) groups is 1. The molecule has 0 aromatic rings. The van der Waals surface area contributed by atoms with Crippen LogP contribution in [0, 0.1) is 5.41 Å². The van der Waals surface area contributed by atoms with Gasteiger partial charge in [-0.05, 0) is 17.9 Å². The third kappa shape index (κ3) is 5.28. The fraction of sp³-hybridized carbons (Fsp3) is 0.625. The van der Waals surface area contributed by atoms with E-state index in [-0.39, 0.29) is 5.41 Å². The van der Waals surface area contributed by atoms with Crippen LogP contribution >= 0.6 is 0 Å². The Balaban J connectivity index is 4.11. The normalized spacial score (nSPS) is 13.6. The van der Waals surface area contributed by atoms with E-state index in [0.717, 1.165) is 11.9 Å². The van der Waals surface area contributed by atoms with Crippen LogP contribution in [0.1, 0.15) is 27.7 Å². The smallest absolute Gasteiger partial charge is 0.145 e. The molecule has 9 heavy (non-hydrogen) atoms. The van der Waals surface area contributed by atoms with Crippen molar-refractivity contribution in [1.29, 1.82) is 0 Å². The van der Waals surface area contributed by atoms with Crippen molar-refractivity contribution in [2.45, 2.75) is 27.7 Å². The highest BCUT2D eigenvalue weighted by atomic mass is 16.1. The molecule has 0 atom stereocenters. The molecule has 0 rings (SSSR count). The second-order valence-corrected chi connectivity index (χ2v) is 3.37. The molecule has 0 aliphatic heterocycles. The van der Waals surface area contributed by atoms with Crippen LogP contribution in [0.5, 0.6) is 0 Å². The minimum atomic E-state index is 0.130. The second-order valence-electron chi connectivity index (χ2n) is 3.37. The summed E-state index contributed by atoms with van der Waals surface area (Å²) in [5, 5.41) is 0. The van der Waals surface area contributed by atoms with Gasteiger partial charge in [-0.15, -0.1) is 0 Å². The van der Waals surface area contributed by atoms with Gasteiger partial charge in [-0.1, -0.05) is 26.8 Å². The Labute approximate surface area is 56.8 Å². The van der Waals surface area contributed by atoms with Gasteiger partial charge in [0.2, 0.25) is 0 Å². The van der Waals surface area contributed by atoms with Crippen LogP contribution < -0.4 is 0 Å². The van der Waals surface area contributed by atoms with E-state index in [9.17, 15) is 4.79 Å². The maximum Gasteiger partial charge on any atom is 0.145 e. The first kappa shape index (κ1) is 8.41. The molecule has 1 nitrogen and oxygen atoms in total. The number of hydrogen-bond donors (Lipinski definition) is 0. The number of allylic oxidation sites excluding steroid dienone is 2. The predicted octanol–water partition coefficient (Wildman–Crippen LogP) is 2.18. The van der Waals surface area contributed by atoms with Crippen molar-refractivity contribution < 1.29 is 4.79 Å². The van der Waals surface area contributed by atoms with Gasteiger partial charge in [0.1, 0.15) is 6.29 Å². The van der Waals surface area contributed by atoms with Gasteiger partial charge in [-0.3, -0.25) is 4.79 Å². The Morgan fingerprint density at radius 3 is 1.89 bits per heavy atom. The van der Waals surface area contributed by atoms with Crippen LogP contribution in [0.3, 0.4) is 0 Å². The van der Waals surface area contributed by atoms with Crippen molar-refractivity contribution in [2.24, 2.45) is 5.41 Å². The first-order valence-electron chi connectivity index (χ1n) is 3.10. The van der Waals surface area contributed by atoms with Gasteiger partial charge in [0.05, 0.1) is 0 Å². The summed E-state index contributed by atoms with van der Waals surface area (Å²) in [7, 11) is 0. The van der Waals surface area contributed by atoms with E-state index in [1.165, 1.54) is 0 Å². The summed E-state index contributed by atoms with van der Waals surface area (Å²) in [5.74, 6) is 0. The van der Waals surface area contributed by atoms with Gasteiger partial charge >= 0.3 is 0 Å². The molecule has 0 saturated heterocycles. The molecule has 0 saturated carbocycles. The van der Waals surface area contributed by atoms with Gasteiger partial charge in [0, 0.05) is 0 Å². The van der Waals surface area contributed by atoms with Gasteiger partial charge in [-0.2, -0.15) is 0 Å². The minimum absolute atomic E-state index is 0.130. The van der Waals surface area contributed by atoms with E-state index in [1.54, 1.807) is 0 Å². The Morgan fingerprint density at radius 2 is 1.78 bits per heavy atom. The summed E-state index contributed by atoms with van der Waals surface area (Å²) >= 11 is 0. The third-order valence-corrected chi connectivity index (χ3v) is 0.847. The van der Waals surface area contributed by atoms with Crippen LogP contribution in [0.4, 0.5) is 0 Å². The van der Waals surface area contributed by atoms with Crippen LogP contribution in [-0.4, -0.2) is 6.29 Å². The Kier molecular flexibility index (Phi) is 2.63. The van der Waals surface area contributed by atoms with Crippen molar-refractivity contribution >= 4 is 6.29 Å². The summed E-state index contributed by atoms with van der Waals surface area (Å²) in [6.07, 6.45) is 2.84. The van der Waals surface area contributed by atoms with Crippen molar-refractivity contribution in [3.05, 3.63) is 11.6 Å². The molecule has 0 aliphatic carbocycles. The largest absolute Gasteiger partial charge is 0.298 e. The molecule has 0 bridgehead atoms. The Morgan fingerprint density at radius 1 is 1.33 bits per heavy atom. The van der Waals surface area contributed by atoms with E-state index < -0.39 is 0 Å². The molecular weight excluding hydrogens is 112 g/mol. The van der Waals surface area contributed by atoms with Crippen molar-refractivity contribution in [3.8, 4) is 0 Å². The lowest BCUT2D eigenvalue weighted by molar-refractivity contribution is -0.104. The van der Waals surface area contributed by atoms with Gasteiger partial charge in [-0.25, -0.2) is 0 Å². The molecule has 0 fully saturated rings. The van der Waals surface area contributed by atoms with Gasteiger partial charge in [0.15, 0.2) is 0 Å². The summed E-state index contributed by atoms with van der Waals surface area (Å²) < 4.78 is 0. The van der Waals surface area contributed by atoms with E-state index in [0.29, 0.717) is 0 Å². The number of hydrogen-bond acceptors (Lipinski definition) is 1.